The van der Waals surface area contributed by atoms with Gasteiger partial charge in [-0.25, -0.2) is 9.48 Å². The van der Waals surface area contributed by atoms with Gasteiger partial charge >= 0.3 is 13.2 Å². The van der Waals surface area contributed by atoms with Crippen molar-refractivity contribution in [3.8, 4) is 5.88 Å². The molecule has 0 unspecified atom stereocenters. The maximum absolute atomic E-state index is 12.3. The van der Waals surface area contributed by atoms with Crippen LogP contribution in [-0.4, -0.2) is 71.5 Å². The van der Waals surface area contributed by atoms with Crippen LogP contribution in [0.4, 0.5) is 4.79 Å². The SMILES string of the molecule is COCc1nn(C)c(O[C@@H](C)CN(C)C(=O)OC(C)(C)C)c1B1OC(C)(C)C(C)(C)O1. The predicted molar refractivity (Wildman–Crippen MR) is 119 cm³/mol. The van der Waals surface area contributed by atoms with Crippen molar-refractivity contribution in [2.75, 3.05) is 20.7 Å². The summed E-state index contributed by atoms with van der Waals surface area (Å²) < 4.78 is 31.1. The Bertz CT molecular complexity index is 771. The minimum Gasteiger partial charge on any atom is -0.473 e. The van der Waals surface area contributed by atoms with Crippen molar-refractivity contribution < 1.29 is 28.3 Å². The Hall–Kier alpha value is -1.78. The summed E-state index contributed by atoms with van der Waals surface area (Å²) in [5.41, 5.74) is -0.174. The van der Waals surface area contributed by atoms with Crippen LogP contribution >= 0.6 is 0 Å². The molecule has 10 heteroatoms. The number of hydrogen-bond acceptors (Lipinski definition) is 7. The molecule has 0 aliphatic carbocycles. The van der Waals surface area contributed by atoms with Crippen LogP contribution in [0, 0.1) is 0 Å². The molecule has 2 heterocycles. The van der Waals surface area contributed by atoms with E-state index in [0.29, 0.717) is 30.2 Å². The molecule has 1 aliphatic heterocycles. The number of rotatable bonds is 7. The largest absolute Gasteiger partial charge is 0.502 e. The van der Waals surface area contributed by atoms with Crippen molar-refractivity contribution in [1.82, 2.24) is 14.7 Å². The van der Waals surface area contributed by atoms with Crippen LogP contribution in [0.5, 0.6) is 5.88 Å². The molecule has 1 aliphatic rings. The van der Waals surface area contributed by atoms with E-state index in [2.05, 4.69) is 5.10 Å². The smallest absolute Gasteiger partial charge is 0.473 e. The van der Waals surface area contributed by atoms with Gasteiger partial charge in [0.25, 0.3) is 0 Å². The zero-order valence-corrected chi connectivity index (χ0v) is 20.9. The van der Waals surface area contributed by atoms with E-state index < -0.39 is 30.0 Å². The minimum atomic E-state index is -0.644. The number of aromatic nitrogens is 2. The number of likely N-dealkylation sites (N-methyl/N-ethyl adjacent to an activating group) is 1. The third kappa shape index (κ3) is 5.93. The van der Waals surface area contributed by atoms with Gasteiger partial charge in [-0.2, -0.15) is 5.10 Å². The van der Waals surface area contributed by atoms with E-state index in [4.69, 9.17) is 23.5 Å². The number of amides is 1. The highest BCUT2D eigenvalue weighted by molar-refractivity contribution is 6.63. The highest BCUT2D eigenvalue weighted by Crippen LogP contribution is 2.37. The number of ether oxygens (including phenoxy) is 3. The zero-order chi connectivity index (χ0) is 23.8. The molecule has 1 aromatic rings. The van der Waals surface area contributed by atoms with Crippen LogP contribution in [0.15, 0.2) is 0 Å². The van der Waals surface area contributed by atoms with Crippen molar-refractivity contribution >= 4 is 18.7 Å². The van der Waals surface area contributed by atoms with Crippen LogP contribution in [0.2, 0.25) is 0 Å². The van der Waals surface area contributed by atoms with Crippen molar-refractivity contribution in [1.29, 1.82) is 0 Å². The molecule has 1 saturated heterocycles. The molecule has 0 aromatic carbocycles. The first-order valence-electron chi connectivity index (χ1n) is 10.6. The molecule has 0 spiro atoms. The van der Waals surface area contributed by atoms with Crippen LogP contribution in [-0.2, 0) is 32.4 Å². The minimum absolute atomic E-state index is 0.294. The average Bonchev–Trinajstić information content (AvgIpc) is 2.98. The van der Waals surface area contributed by atoms with E-state index in [1.807, 2.05) is 55.4 Å². The summed E-state index contributed by atoms with van der Waals surface area (Å²) in [5.74, 6) is 0.524. The summed E-state index contributed by atoms with van der Waals surface area (Å²) in [6, 6.07) is 0. The Kier molecular flexibility index (Phi) is 7.40. The number of carbonyl (C=O) groups is 1. The monoisotopic (exact) mass is 439 g/mol. The maximum Gasteiger partial charge on any atom is 0.502 e. The second-order valence-corrected chi connectivity index (χ2v) is 10.1. The van der Waals surface area contributed by atoms with Gasteiger partial charge in [-0.3, -0.25) is 0 Å². The lowest BCUT2D eigenvalue weighted by molar-refractivity contribution is 0.00578. The Morgan fingerprint density at radius 1 is 1.23 bits per heavy atom. The lowest BCUT2D eigenvalue weighted by atomic mass is 9.78. The summed E-state index contributed by atoms with van der Waals surface area (Å²) in [6.07, 6.45) is -0.733. The molecule has 0 saturated carbocycles. The van der Waals surface area contributed by atoms with Crippen molar-refractivity contribution in [2.24, 2.45) is 7.05 Å². The van der Waals surface area contributed by atoms with E-state index in [9.17, 15) is 4.79 Å². The van der Waals surface area contributed by atoms with Crippen LogP contribution < -0.4 is 10.2 Å². The van der Waals surface area contributed by atoms with E-state index in [1.54, 1.807) is 25.9 Å². The number of methoxy groups -OCH3 is 1. The Morgan fingerprint density at radius 3 is 2.26 bits per heavy atom. The number of aryl methyl sites for hydroxylation is 1. The molecule has 0 radical (unpaired) electrons. The molecule has 0 N–H and O–H groups in total. The topological polar surface area (TPSA) is 84.3 Å². The summed E-state index contributed by atoms with van der Waals surface area (Å²) in [5, 5.41) is 4.56. The third-order valence-corrected chi connectivity index (χ3v) is 5.42. The summed E-state index contributed by atoms with van der Waals surface area (Å²) in [4.78, 5) is 13.8. The van der Waals surface area contributed by atoms with E-state index in [-0.39, 0.29) is 6.10 Å². The average molecular weight is 439 g/mol. The summed E-state index contributed by atoms with van der Waals surface area (Å²) >= 11 is 0. The Morgan fingerprint density at radius 2 is 1.77 bits per heavy atom. The standard InChI is InChI=1S/C21H38BN3O6/c1-14(12-24(9)18(26)29-19(2,3)4)28-17-16(15(13-27-11)23-25(17)10)22-30-20(5,6)21(7,8)31-22/h14H,12-13H2,1-11H3/t14-/m0/s1. The maximum atomic E-state index is 12.3. The van der Waals surface area contributed by atoms with Crippen molar-refractivity contribution in [3.63, 3.8) is 0 Å². The second-order valence-electron chi connectivity index (χ2n) is 10.1. The Balaban J connectivity index is 2.24. The molecule has 1 fully saturated rings. The highest BCUT2D eigenvalue weighted by Gasteiger charge is 2.54. The predicted octanol–water partition coefficient (Wildman–Crippen LogP) is 2.50. The van der Waals surface area contributed by atoms with E-state index >= 15 is 0 Å². The van der Waals surface area contributed by atoms with Crippen molar-refractivity contribution in [2.45, 2.75) is 84.9 Å². The first-order chi connectivity index (χ1) is 14.1. The summed E-state index contributed by atoms with van der Waals surface area (Å²) in [6.45, 7) is 16.0. The number of carbonyl (C=O) groups excluding carboxylic acids is 1. The third-order valence-electron chi connectivity index (χ3n) is 5.42. The second kappa shape index (κ2) is 9.00. The molecular weight excluding hydrogens is 401 g/mol. The van der Waals surface area contributed by atoms with Gasteiger partial charge in [0.2, 0.25) is 5.88 Å². The van der Waals surface area contributed by atoms with Gasteiger partial charge in [0.1, 0.15) is 11.7 Å². The number of hydrogen-bond donors (Lipinski definition) is 0. The molecule has 9 nitrogen and oxygen atoms in total. The van der Waals surface area contributed by atoms with Crippen molar-refractivity contribution in [3.05, 3.63) is 5.69 Å². The van der Waals surface area contributed by atoms with Gasteiger partial charge in [-0.1, -0.05) is 0 Å². The first kappa shape index (κ1) is 25.5. The van der Waals surface area contributed by atoms with Gasteiger partial charge in [0.05, 0.1) is 35.5 Å². The Labute approximate surface area is 186 Å². The molecule has 2 rings (SSSR count). The van der Waals surface area contributed by atoms with Gasteiger partial charge < -0.3 is 28.4 Å². The van der Waals surface area contributed by atoms with E-state index in [1.165, 1.54) is 4.90 Å². The summed E-state index contributed by atoms with van der Waals surface area (Å²) in [7, 11) is 4.45. The molecular formula is C21H38BN3O6. The molecule has 0 bridgehead atoms. The van der Waals surface area contributed by atoms with Crippen LogP contribution in [0.25, 0.3) is 0 Å². The molecule has 31 heavy (non-hydrogen) atoms. The van der Waals surface area contributed by atoms with Crippen LogP contribution in [0.1, 0.15) is 61.1 Å². The molecule has 176 valence electrons. The normalized spacial score (nSPS) is 18.7. The fourth-order valence-corrected chi connectivity index (χ4v) is 3.19. The van der Waals surface area contributed by atoms with Gasteiger partial charge in [-0.15, -0.1) is 0 Å². The zero-order valence-electron chi connectivity index (χ0n) is 20.9. The fourth-order valence-electron chi connectivity index (χ4n) is 3.19. The molecule has 1 amide bonds. The van der Waals surface area contributed by atoms with E-state index in [0.717, 1.165) is 0 Å². The van der Waals surface area contributed by atoms with Gasteiger partial charge in [0.15, 0.2) is 0 Å². The highest BCUT2D eigenvalue weighted by atomic mass is 16.7. The lowest BCUT2D eigenvalue weighted by Gasteiger charge is -2.32. The first-order valence-corrected chi connectivity index (χ1v) is 10.6. The fraction of sp³-hybridized carbons (Fsp3) is 0.810. The van der Waals surface area contributed by atoms with Gasteiger partial charge in [0, 0.05) is 21.2 Å². The molecule has 1 aromatic heterocycles. The number of nitrogens with zero attached hydrogens (tertiary/aromatic N) is 3. The quantitative estimate of drug-likeness (QED) is 0.604. The van der Waals surface area contributed by atoms with Crippen LogP contribution in [0.3, 0.4) is 0 Å². The molecule has 1 atom stereocenters. The lowest BCUT2D eigenvalue weighted by Crippen LogP contribution is -2.41. The van der Waals surface area contributed by atoms with Gasteiger partial charge in [-0.05, 0) is 55.4 Å².